The number of thiocarbonyl (C=S) groups is 1. The van der Waals surface area contributed by atoms with Crippen LogP contribution in [0.15, 0.2) is 58.4 Å². The second kappa shape index (κ2) is 6.52. The van der Waals surface area contributed by atoms with Crippen LogP contribution in [0.5, 0.6) is 0 Å². The van der Waals surface area contributed by atoms with Crippen molar-refractivity contribution in [2.24, 2.45) is 0 Å². The largest absolute Gasteiger partial charge is 0.457 e. The molecular weight excluding hydrogens is 333 g/mol. The summed E-state index contributed by atoms with van der Waals surface area (Å²) in [5.41, 5.74) is 0.381. The van der Waals surface area contributed by atoms with Crippen molar-refractivity contribution in [3.05, 3.63) is 65.5 Å². The van der Waals surface area contributed by atoms with Gasteiger partial charge in [-0.25, -0.2) is 4.39 Å². The second-order valence-electron chi connectivity index (χ2n) is 4.76. The number of rotatable bonds is 4. The minimum atomic E-state index is -0.356. The predicted octanol–water partition coefficient (Wildman–Crippen LogP) is 4.47. The van der Waals surface area contributed by atoms with Crippen LogP contribution in [0.2, 0.25) is 0 Å². The standard InChI is InChI=1S/C17H12FNO2S2/c1-2-9-19-16(20)15(23-17(19)22)10-11-7-8-14(21-11)12-5-3-4-6-13(12)18/h2-8,10H,1,9H2/b15-10-. The molecule has 0 bridgehead atoms. The van der Waals surface area contributed by atoms with Gasteiger partial charge >= 0.3 is 0 Å². The van der Waals surface area contributed by atoms with Crippen molar-refractivity contribution in [2.45, 2.75) is 0 Å². The van der Waals surface area contributed by atoms with Crippen LogP contribution in [-0.2, 0) is 4.79 Å². The molecule has 1 aliphatic heterocycles. The number of hydrogen-bond donors (Lipinski definition) is 0. The van der Waals surface area contributed by atoms with E-state index in [0.717, 1.165) is 0 Å². The first-order valence-corrected chi connectivity index (χ1v) is 8.03. The molecule has 1 aromatic heterocycles. The Balaban J connectivity index is 1.87. The van der Waals surface area contributed by atoms with Crippen molar-refractivity contribution in [3.8, 4) is 11.3 Å². The zero-order valence-electron chi connectivity index (χ0n) is 12.0. The smallest absolute Gasteiger partial charge is 0.266 e. The van der Waals surface area contributed by atoms with Crippen LogP contribution in [0, 0.1) is 5.82 Å². The summed E-state index contributed by atoms with van der Waals surface area (Å²) in [4.78, 5) is 14.2. The van der Waals surface area contributed by atoms with Gasteiger partial charge < -0.3 is 4.42 Å². The minimum Gasteiger partial charge on any atom is -0.457 e. The molecule has 2 heterocycles. The maximum Gasteiger partial charge on any atom is 0.266 e. The van der Waals surface area contributed by atoms with Crippen LogP contribution in [0.3, 0.4) is 0 Å². The summed E-state index contributed by atoms with van der Waals surface area (Å²) in [6.07, 6.45) is 3.24. The molecule has 0 saturated carbocycles. The summed E-state index contributed by atoms with van der Waals surface area (Å²) in [6.45, 7) is 3.99. The van der Waals surface area contributed by atoms with Gasteiger partial charge in [0.05, 0.1) is 10.5 Å². The molecule has 2 aromatic rings. The maximum absolute atomic E-state index is 13.8. The topological polar surface area (TPSA) is 33.5 Å². The lowest BCUT2D eigenvalue weighted by molar-refractivity contribution is -0.121. The van der Waals surface area contributed by atoms with Gasteiger partial charge in [-0.05, 0) is 24.3 Å². The SMILES string of the molecule is C=CCN1C(=O)/C(=C/c2ccc(-c3ccccc3F)o2)SC1=S. The normalized spacial score (nSPS) is 16.4. The molecule has 1 saturated heterocycles. The second-order valence-corrected chi connectivity index (χ2v) is 6.44. The number of carbonyl (C=O) groups excluding carboxylic acids is 1. The molecular formula is C17H12FNO2S2. The highest BCUT2D eigenvalue weighted by atomic mass is 32.2. The number of thioether (sulfide) groups is 1. The fraction of sp³-hybridized carbons (Fsp3) is 0.0588. The van der Waals surface area contributed by atoms with Crippen LogP contribution < -0.4 is 0 Å². The lowest BCUT2D eigenvalue weighted by Gasteiger charge is -2.10. The summed E-state index contributed by atoms with van der Waals surface area (Å²) in [7, 11) is 0. The van der Waals surface area contributed by atoms with Crippen LogP contribution in [0.1, 0.15) is 5.76 Å². The Hall–Kier alpha value is -2.18. The van der Waals surface area contributed by atoms with Crippen LogP contribution in [0.25, 0.3) is 17.4 Å². The molecule has 3 rings (SSSR count). The number of furan rings is 1. The van der Waals surface area contributed by atoms with Gasteiger partial charge in [0, 0.05) is 12.6 Å². The van der Waals surface area contributed by atoms with E-state index in [4.69, 9.17) is 16.6 Å². The number of hydrogen-bond acceptors (Lipinski definition) is 4. The summed E-state index contributed by atoms with van der Waals surface area (Å²) >= 11 is 6.39. The van der Waals surface area contributed by atoms with Crippen LogP contribution in [-0.4, -0.2) is 21.7 Å². The molecule has 0 spiro atoms. The average Bonchev–Trinajstić information content (AvgIpc) is 3.09. The van der Waals surface area contributed by atoms with Crippen LogP contribution >= 0.6 is 24.0 Å². The first kappa shape index (κ1) is 15.7. The molecule has 1 fully saturated rings. The molecule has 1 amide bonds. The first-order chi connectivity index (χ1) is 11.1. The Morgan fingerprint density at radius 2 is 2.09 bits per heavy atom. The van der Waals surface area contributed by atoms with Gasteiger partial charge in [-0.3, -0.25) is 9.69 Å². The molecule has 1 aromatic carbocycles. The van der Waals surface area contributed by atoms with E-state index >= 15 is 0 Å². The Kier molecular flexibility index (Phi) is 4.45. The number of halogens is 1. The van der Waals surface area contributed by atoms with Crippen molar-refractivity contribution < 1.29 is 13.6 Å². The Morgan fingerprint density at radius 1 is 1.30 bits per heavy atom. The van der Waals surface area contributed by atoms with Gasteiger partial charge in [0.2, 0.25) is 0 Å². The molecule has 23 heavy (non-hydrogen) atoms. The molecule has 0 atom stereocenters. The van der Waals surface area contributed by atoms with Crippen molar-refractivity contribution in [1.82, 2.24) is 4.90 Å². The number of carbonyl (C=O) groups is 1. The molecule has 116 valence electrons. The molecule has 0 aliphatic carbocycles. The van der Waals surface area contributed by atoms with E-state index < -0.39 is 0 Å². The lowest BCUT2D eigenvalue weighted by Crippen LogP contribution is -2.27. The van der Waals surface area contributed by atoms with Gasteiger partial charge in [0.25, 0.3) is 5.91 Å². The third-order valence-corrected chi connectivity index (χ3v) is 4.60. The summed E-state index contributed by atoms with van der Waals surface area (Å²) in [6, 6.07) is 9.74. The van der Waals surface area contributed by atoms with Crippen molar-refractivity contribution in [3.63, 3.8) is 0 Å². The Morgan fingerprint density at radius 3 is 2.83 bits per heavy atom. The molecule has 0 radical (unpaired) electrons. The number of benzene rings is 1. The van der Waals surface area contributed by atoms with Crippen molar-refractivity contribution >= 4 is 40.3 Å². The monoisotopic (exact) mass is 345 g/mol. The quantitative estimate of drug-likeness (QED) is 0.465. The number of amides is 1. The zero-order valence-corrected chi connectivity index (χ0v) is 13.6. The fourth-order valence-electron chi connectivity index (χ4n) is 2.15. The molecule has 3 nitrogen and oxygen atoms in total. The molecule has 0 N–H and O–H groups in total. The summed E-state index contributed by atoms with van der Waals surface area (Å²) < 4.78 is 19.9. The van der Waals surface area contributed by atoms with Gasteiger partial charge in [-0.1, -0.05) is 42.2 Å². The zero-order chi connectivity index (χ0) is 16.4. The highest BCUT2D eigenvalue weighted by Crippen LogP contribution is 2.33. The number of nitrogens with zero attached hydrogens (tertiary/aromatic N) is 1. The van der Waals surface area contributed by atoms with Gasteiger partial charge in [0.1, 0.15) is 21.7 Å². The van der Waals surface area contributed by atoms with Crippen molar-refractivity contribution in [1.29, 1.82) is 0 Å². The van der Waals surface area contributed by atoms with E-state index in [9.17, 15) is 9.18 Å². The molecule has 1 aliphatic rings. The maximum atomic E-state index is 13.8. The van der Waals surface area contributed by atoms with Crippen LogP contribution in [0.4, 0.5) is 4.39 Å². The third kappa shape index (κ3) is 3.13. The Labute approximate surface area is 142 Å². The summed E-state index contributed by atoms with van der Waals surface area (Å²) in [5, 5.41) is 0. The Bertz CT molecular complexity index is 826. The highest BCUT2D eigenvalue weighted by molar-refractivity contribution is 8.26. The molecule has 6 heteroatoms. The summed E-state index contributed by atoms with van der Waals surface area (Å²) in [5.74, 6) is 0.354. The predicted molar refractivity (Wildman–Crippen MR) is 94.2 cm³/mol. The highest BCUT2D eigenvalue weighted by Gasteiger charge is 2.31. The minimum absolute atomic E-state index is 0.177. The van der Waals surface area contributed by atoms with E-state index in [1.165, 1.54) is 22.7 Å². The van der Waals surface area contributed by atoms with E-state index in [1.807, 2.05) is 0 Å². The van der Waals surface area contributed by atoms with Gasteiger partial charge in [0.15, 0.2) is 0 Å². The van der Waals surface area contributed by atoms with Gasteiger partial charge in [-0.2, -0.15) is 0 Å². The van der Waals surface area contributed by atoms with Crippen molar-refractivity contribution in [2.75, 3.05) is 6.54 Å². The van der Waals surface area contributed by atoms with E-state index in [-0.39, 0.29) is 11.7 Å². The lowest BCUT2D eigenvalue weighted by atomic mass is 10.1. The molecule has 0 unspecified atom stereocenters. The third-order valence-electron chi connectivity index (χ3n) is 3.22. The van der Waals surface area contributed by atoms with Gasteiger partial charge in [-0.15, -0.1) is 6.58 Å². The average molecular weight is 345 g/mol. The van der Waals surface area contributed by atoms with E-state index in [1.54, 1.807) is 42.5 Å². The first-order valence-electron chi connectivity index (χ1n) is 6.81. The van der Waals surface area contributed by atoms with E-state index in [0.29, 0.717) is 32.9 Å². The van der Waals surface area contributed by atoms with E-state index in [2.05, 4.69) is 6.58 Å². The fourth-order valence-corrected chi connectivity index (χ4v) is 3.41.